The van der Waals surface area contributed by atoms with Crippen molar-refractivity contribution in [3.63, 3.8) is 0 Å². The van der Waals surface area contributed by atoms with Crippen LogP contribution in [0, 0.1) is 5.92 Å². The Bertz CT molecular complexity index is 231. The first-order chi connectivity index (χ1) is 6.74. The number of aliphatic hydroxyl groups excluding tert-OH is 1. The molecule has 0 aromatic carbocycles. The van der Waals surface area contributed by atoms with Gasteiger partial charge in [-0.3, -0.25) is 9.69 Å². The fourth-order valence-corrected chi connectivity index (χ4v) is 2.50. The molecule has 0 saturated carbocycles. The van der Waals surface area contributed by atoms with E-state index in [1.807, 2.05) is 0 Å². The molecule has 14 heavy (non-hydrogen) atoms. The van der Waals surface area contributed by atoms with Gasteiger partial charge in [0.25, 0.3) is 0 Å². The summed E-state index contributed by atoms with van der Waals surface area (Å²) in [4.78, 5) is 13.5. The van der Waals surface area contributed by atoms with Crippen LogP contribution in [0.1, 0.15) is 19.8 Å². The standard InChI is InChI=1S/C10H17NO3/c1-7-2-4-11(9(7)6-12)8-3-5-14-10(8)13/h7-9,12H,2-6H2,1H3. The molecular formula is C10H17NO3. The number of rotatable bonds is 2. The molecule has 1 N–H and O–H groups in total. The number of hydrogen-bond donors (Lipinski definition) is 1. The zero-order valence-electron chi connectivity index (χ0n) is 8.48. The van der Waals surface area contributed by atoms with Gasteiger partial charge in [-0.2, -0.15) is 0 Å². The van der Waals surface area contributed by atoms with Gasteiger partial charge in [0, 0.05) is 12.5 Å². The van der Waals surface area contributed by atoms with E-state index in [-0.39, 0.29) is 24.7 Å². The summed E-state index contributed by atoms with van der Waals surface area (Å²) in [6.45, 7) is 3.71. The van der Waals surface area contributed by atoms with Gasteiger partial charge >= 0.3 is 5.97 Å². The highest BCUT2D eigenvalue weighted by molar-refractivity contribution is 5.77. The van der Waals surface area contributed by atoms with Gasteiger partial charge in [0.1, 0.15) is 6.04 Å². The number of carbonyl (C=O) groups is 1. The Morgan fingerprint density at radius 2 is 2.36 bits per heavy atom. The smallest absolute Gasteiger partial charge is 0.323 e. The summed E-state index contributed by atoms with van der Waals surface area (Å²) in [5, 5.41) is 9.26. The van der Waals surface area contributed by atoms with E-state index in [4.69, 9.17) is 4.74 Å². The predicted molar refractivity (Wildman–Crippen MR) is 50.7 cm³/mol. The summed E-state index contributed by atoms with van der Waals surface area (Å²) >= 11 is 0. The number of ether oxygens (including phenoxy) is 1. The summed E-state index contributed by atoms with van der Waals surface area (Å²) in [5.41, 5.74) is 0. The van der Waals surface area contributed by atoms with Crippen molar-refractivity contribution in [2.24, 2.45) is 5.92 Å². The molecule has 2 rings (SSSR count). The van der Waals surface area contributed by atoms with Crippen LogP contribution in [0.15, 0.2) is 0 Å². The SMILES string of the molecule is CC1CCN(C2CCOC2=O)C1CO. The number of carbonyl (C=O) groups excluding carboxylic acids is 1. The molecule has 0 radical (unpaired) electrons. The lowest BCUT2D eigenvalue weighted by Gasteiger charge is -2.28. The average molecular weight is 199 g/mol. The van der Waals surface area contributed by atoms with Gasteiger partial charge in [0.05, 0.1) is 13.2 Å². The summed E-state index contributed by atoms with van der Waals surface area (Å²) < 4.78 is 4.94. The molecule has 0 spiro atoms. The average Bonchev–Trinajstić information content (AvgIpc) is 2.71. The van der Waals surface area contributed by atoms with Gasteiger partial charge in [-0.1, -0.05) is 6.92 Å². The molecule has 3 atom stereocenters. The zero-order chi connectivity index (χ0) is 10.1. The van der Waals surface area contributed by atoms with E-state index in [1.165, 1.54) is 0 Å². The lowest BCUT2D eigenvalue weighted by atomic mass is 10.0. The van der Waals surface area contributed by atoms with E-state index in [2.05, 4.69) is 11.8 Å². The lowest BCUT2D eigenvalue weighted by molar-refractivity contribution is -0.142. The Labute approximate surface area is 83.8 Å². The molecule has 0 aromatic rings. The lowest BCUT2D eigenvalue weighted by Crippen LogP contribution is -2.44. The Balaban J connectivity index is 2.06. The second-order valence-electron chi connectivity index (χ2n) is 4.23. The van der Waals surface area contributed by atoms with Crippen LogP contribution in [0.4, 0.5) is 0 Å². The number of aliphatic hydroxyl groups is 1. The van der Waals surface area contributed by atoms with Crippen molar-refractivity contribution in [2.45, 2.75) is 31.8 Å². The largest absolute Gasteiger partial charge is 0.464 e. The molecule has 2 heterocycles. The van der Waals surface area contributed by atoms with Gasteiger partial charge in [-0.05, 0) is 18.9 Å². The predicted octanol–water partition coefficient (Wildman–Crippen LogP) is 0.00460. The van der Waals surface area contributed by atoms with Crippen LogP contribution in [-0.4, -0.2) is 47.8 Å². The first-order valence-corrected chi connectivity index (χ1v) is 5.27. The van der Waals surface area contributed by atoms with Crippen LogP contribution >= 0.6 is 0 Å². The van der Waals surface area contributed by atoms with Gasteiger partial charge in [0.2, 0.25) is 0 Å². The quantitative estimate of drug-likeness (QED) is 0.636. The molecule has 0 amide bonds. The number of hydrogen-bond acceptors (Lipinski definition) is 4. The molecule has 4 heteroatoms. The van der Waals surface area contributed by atoms with E-state index >= 15 is 0 Å². The van der Waals surface area contributed by atoms with Gasteiger partial charge < -0.3 is 9.84 Å². The van der Waals surface area contributed by atoms with Crippen molar-refractivity contribution in [1.29, 1.82) is 0 Å². The molecule has 0 aliphatic carbocycles. The molecular weight excluding hydrogens is 182 g/mol. The molecule has 2 aliphatic heterocycles. The van der Waals surface area contributed by atoms with E-state index in [0.717, 1.165) is 19.4 Å². The molecule has 4 nitrogen and oxygen atoms in total. The maximum Gasteiger partial charge on any atom is 0.323 e. The maximum absolute atomic E-state index is 11.4. The Morgan fingerprint density at radius 3 is 2.93 bits per heavy atom. The third-order valence-corrected chi connectivity index (χ3v) is 3.42. The van der Waals surface area contributed by atoms with Crippen LogP contribution in [0.5, 0.6) is 0 Å². The highest BCUT2D eigenvalue weighted by Gasteiger charge is 2.41. The molecule has 0 aromatic heterocycles. The Kier molecular flexibility index (Phi) is 2.74. The molecule has 2 saturated heterocycles. The zero-order valence-corrected chi connectivity index (χ0v) is 8.48. The van der Waals surface area contributed by atoms with E-state index in [1.54, 1.807) is 0 Å². The van der Waals surface area contributed by atoms with Crippen molar-refractivity contribution in [3.8, 4) is 0 Å². The molecule has 2 fully saturated rings. The minimum Gasteiger partial charge on any atom is -0.464 e. The van der Waals surface area contributed by atoms with Crippen molar-refractivity contribution in [3.05, 3.63) is 0 Å². The van der Waals surface area contributed by atoms with Crippen molar-refractivity contribution >= 4 is 5.97 Å². The normalized spacial score (nSPS) is 39.0. The number of cyclic esters (lactones) is 1. The van der Waals surface area contributed by atoms with Crippen LogP contribution in [0.2, 0.25) is 0 Å². The van der Waals surface area contributed by atoms with Gasteiger partial charge in [-0.15, -0.1) is 0 Å². The van der Waals surface area contributed by atoms with Crippen LogP contribution in [0.3, 0.4) is 0 Å². The van der Waals surface area contributed by atoms with Gasteiger partial charge in [-0.25, -0.2) is 0 Å². The molecule has 2 aliphatic rings. The first kappa shape index (κ1) is 9.93. The van der Waals surface area contributed by atoms with Crippen molar-refractivity contribution < 1.29 is 14.6 Å². The number of likely N-dealkylation sites (tertiary alicyclic amines) is 1. The minimum absolute atomic E-state index is 0.0999. The summed E-state index contributed by atoms with van der Waals surface area (Å²) in [7, 11) is 0. The number of esters is 1. The van der Waals surface area contributed by atoms with Crippen LogP contribution in [0.25, 0.3) is 0 Å². The van der Waals surface area contributed by atoms with Crippen molar-refractivity contribution in [2.75, 3.05) is 19.8 Å². The third kappa shape index (κ3) is 1.53. The Morgan fingerprint density at radius 1 is 1.57 bits per heavy atom. The minimum atomic E-state index is -0.113. The summed E-state index contributed by atoms with van der Waals surface area (Å²) in [6.07, 6.45) is 1.84. The van der Waals surface area contributed by atoms with E-state index < -0.39 is 0 Å². The van der Waals surface area contributed by atoms with Crippen LogP contribution in [-0.2, 0) is 9.53 Å². The second kappa shape index (κ2) is 3.87. The maximum atomic E-state index is 11.4. The monoisotopic (exact) mass is 199 g/mol. The summed E-state index contributed by atoms with van der Waals surface area (Å²) in [5.74, 6) is 0.367. The van der Waals surface area contributed by atoms with E-state index in [0.29, 0.717) is 12.5 Å². The fourth-order valence-electron chi connectivity index (χ4n) is 2.50. The highest BCUT2D eigenvalue weighted by Crippen LogP contribution is 2.28. The molecule has 0 bridgehead atoms. The fraction of sp³-hybridized carbons (Fsp3) is 0.900. The summed E-state index contributed by atoms with van der Waals surface area (Å²) in [6, 6.07) is 0.0442. The number of nitrogens with zero attached hydrogens (tertiary/aromatic N) is 1. The first-order valence-electron chi connectivity index (χ1n) is 5.27. The third-order valence-electron chi connectivity index (χ3n) is 3.42. The topological polar surface area (TPSA) is 49.8 Å². The van der Waals surface area contributed by atoms with E-state index in [9.17, 15) is 9.90 Å². The van der Waals surface area contributed by atoms with Gasteiger partial charge in [0.15, 0.2) is 0 Å². The van der Waals surface area contributed by atoms with Crippen LogP contribution < -0.4 is 0 Å². The molecule has 80 valence electrons. The second-order valence-corrected chi connectivity index (χ2v) is 4.23. The van der Waals surface area contributed by atoms with Crippen molar-refractivity contribution in [1.82, 2.24) is 4.90 Å². The highest BCUT2D eigenvalue weighted by atomic mass is 16.5. The molecule has 3 unspecified atom stereocenters. The Hall–Kier alpha value is -0.610.